The van der Waals surface area contributed by atoms with Crippen molar-refractivity contribution in [1.29, 1.82) is 0 Å². The first-order chi connectivity index (χ1) is 10.0. The van der Waals surface area contributed by atoms with Crippen LogP contribution in [0.4, 0.5) is 0 Å². The molecular formula is C16H19BrN2O2. The van der Waals surface area contributed by atoms with Gasteiger partial charge in [-0.25, -0.2) is 0 Å². The molecular weight excluding hydrogens is 332 g/mol. The van der Waals surface area contributed by atoms with Crippen molar-refractivity contribution in [2.24, 2.45) is 0 Å². The number of aryl methyl sites for hydroxylation is 2. The molecule has 1 atom stereocenters. The molecule has 0 fully saturated rings. The largest absolute Gasteiger partial charge is 0.497 e. The van der Waals surface area contributed by atoms with E-state index in [1.165, 1.54) is 0 Å². The molecule has 5 heteroatoms. The maximum absolute atomic E-state index is 10.6. The van der Waals surface area contributed by atoms with Crippen LogP contribution in [-0.4, -0.2) is 22.4 Å². The van der Waals surface area contributed by atoms with Crippen molar-refractivity contribution >= 4 is 15.9 Å². The van der Waals surface area contributed by atoms with Crippen molar-refractivity contribution < 1.29 is 9.84 Å². The SMILES string of the molecule is CCc1nnc(C)cc1C(O)Cc1cc(OC)ccc1Br. The molecule has 0 aliphatic rings. The fourth-order valence-corrected chi connectivity index (χ4v) is 2.66. The van der Waals surface area contributed by atoms with Gasteiger partial charge < -0.3 is 9.84 Å². The van der Waals surface area contributed by atoms with Crippen molar-refractivity contribution in [3.05, 3.63) is 51.3 Å². The monoisotopic (exact) mass is 350 g/mol. The van der Waals surface area contributed by atoms with Crippen LogP contribution in [0, 0.1) is 6.92 Å². The number of hydrogen-bond donors (Lipinski definition) is 1. The first-order valence-corrected chi connectivity index (χ1v) is 7.68. The van der Waals surface area contributed by atoms with E-state index in [1.54, 1.807) is 7.11 Å². The number of aliphatic hydroxyl groups is 1. The fourth-order valence-electron chi connectivity index (χ4n) is 2.25. The summed E-state index contributed by atoms with van der Waals surface area (Å²) in [7, 11) is 1.63. The Bertz CT molecular complexity index is 632. The first-order valence-electron chi connectivity index (χ1n) is 6.88. The number of halogens is 1. The van der Waals surface area contributed by atoms with Gasteiger partial charge in [0.15, 0.2) is 0 Å². The highest BCUT2D eigenvalue weighted by Crippen LogP contribution is 2.28. The van der Waals surface area contributed by atoms with Crippen molar-refractivity contribution in [2.45, 2.75) is 32.8 Å². The van der Waals surface area contributed by atoms with Gasteiger partial charge in [0.25, 0.3) is 0 Å². The van der Waals surface area contributed by atoms with Crippen LogP contribution in [0.3, 0.4) is 0 Å². The lowest BCUT2D eigenvalue weighted by molar-refractivity contribution is 0.176. The zero-order valence-electron chi connectivity index (χ0n) is 12.4. The van der Waals surface area contributed by atoms with Crippen molar-refractivity contribution in [3.63, 3.8) is 0 Å². The van der Waals surface area contributed by atoms with Gasteiger partial charge in [-0.05, 0) is 43.2 Å². The maximum Gasteiger partial charge on any atom is 0.119 e. The molecule has 21 heavy (non-hydrogen) atoms. The Morgan fingerprint density at radius 2 is 2.05 bits per heavy atom. The summed E-state index contributed by atoms with van der Waals surface area (Å²) in [6, 6.07) is 7.65. The lowest BCUT2D eigenvalue weighted by atomic mass is 9.99. The highest BCUT2D eigenvalue weighted by molar-refractivity contribution is 9.10. The second-order valence-electron chi connectivity index (χ2n) is 4.92. The van der Waals surface area contributed by atoms with Crippen LogP contribution in [-0.2, 0) is 12.8 Å². The van der Waals surface area contributed by atoms with Crippen LogP contribution in [0.2, 0.25) is 0 Å². The lowest BCUT2D eigenvalue weighted by Gasteiger charge is -2.16. The van der Waals surface area contributed by atoms with Crippen LogP contribution in [0.15, 0.2) is 28.7 Å². The molecule has 112 valence electrons. The number of ether oxygens (including phenoxy) is 1. The molecule has 4 nitrogen and oxygen atoms in total. The molecule has 0 radical (unpaired) electrons. The van der Waals surface area contributed by atoms with Gasteiger partial charge in [0, 0.05) is 16.5 Å². The first kappa shape index (κ1) is 15.9. The number of aromatic nitrogens is 2. The van der Waals surface area contributed by atoms with Crippen LogP contribution >= 0.6 is 15.9 Å². The lowest BCUT2D eigenvalue weighted by Crippen LogP contribution is -2.09. The molecule has 2 aromatic rings. The maximum atomic E-state index is 10.6. The molecule has 0 bridgehead atoms. The Morgan fingerprint density at radius 1 is 1.29 bits per heavy atom. The molecule has 0 saturated carbocycles. The van der Waals surface area contributed by atoms with Crippen molar-refractivity contribution in [3.8, 4) is 5.75 Å². The third kappa shape index (κ3) is 3.80. The van der Waals surface area contributed by atoms with E-state index in [2.05, 4.69) is 26.1 Å². The normalized spacial score (nSPS) is 12.2. The van der Waals surface area contributed by atoms with E-state index in [0.717, 1.165) is 39.2 Å². The zero-order valence-corrected chi connectivity index (χ0v) is 14.0. The standard InChI is InChI=1S/C16H19BrN2O2/c1-4-15-13(7-10(2)18-19-15)16(20)9-11-8-12(21-3)5-6-14(11)17/h5-8,16,20H,4,9H2,1-3H3. The van der Waals surface area contributed by atoms with E-state index < -0.39 is 6.10 Å². The molecule has 1 unspecified atom stereocenters. The van der Waals surface area contributed by atoms with Gasteiger partial charge in [-0.3, -0.25) is 0 Å². The predicted molar refractivity (Wildman–Crippen MR) is 85.5 cm³/mol. The number of hydrogen-bond acceptors (Lipinski definition) is 4. The summed E-state index contributed by atoms with van der Waals surface area (Å²) in [5.74, 6) is 0.778. The molecule has 1 aromatic carbocycles. The minimum absolute atomic E-state index is 0.496. The molecule has 1 N–H and O–H groups in total. The quantitative estimate of drug-likeness (QED) is 0.897. The Hall–Kier alpha value is -1.46. The number of methoxy groups -OCH3 is 1. The third-order valence-corrected chi connectivity index (χ3v) is 4.16. The van der Waals surface area contributed by atoms with E-state index in [4.69, 9.17) is 4.74 Å². The minimum Gasteiger partial charge on any atom is -0.497 e. The summed E-state index contributed by atoms with van der Waals surface area (Å²) in [6.45, 7) is 3.89. The number of benzene rings is 1. The van der Waals surface area contributed by atoms with E-state index in [9.17, 15) is 5.11 Å². The third-order valence-electron chi connectivity index (χ3n) is 3.39. The van der Waals surface area contributed by atoms with Gasteiger partial charge in [0.05, 0.1) is 24.6 Å². The van der Waals surface area contributed by atoms with E-state index in [1.807, 2.05) is 38.1 Å². The average Bonchev–Trinajstić information content (AvgIpc) is 2.49. The Morgan fingerprint density at radius 3 is 2.71 bits per heavy atom. The molecule has 1 heterocycles. The Balaban J connectivity index is 2.29. The van der Waals surface area contributed by atoms with Crippen LogP contribution in [0.25, 0.3) is 0 Å². The average molecular weight is 351 g/mol. The number of aliphatic hydroxyl groups excluding tert-OH is 1. The smallest absolute Gasteiger partial charge is 0.119 e. The molecule has 0 amide bonds. The van der Waals surface area contributed by atoms with Crippen LogP contribution < -0.4 is 4.74 Å². The highest BCUT2D eigenvalue weighted by Gasteiger charge is 2.16. The van der Waals surface area contributed by atoms with Crippen molar-refractivity contribution in [1.82, 2.24) is 10.2 Å². The molecule has 2 rings (SSSR count). The highest BCUT2D eigenvalue weighted by atomic mass is 79.9. The van der Waals surface area contributed by atoms with Crippen LogP contribution in [0.1, 0.15) is 35.5 Å². The van der Waals surface area contributed by atoms with Crippen molar-refractivity contribution in [2.75, 3.05) is 7.11 Å². The van der Waals surface area contributed by atoms with Crippen LogP contribution in [0.5, 0.6) is 5.75 Å². The second kappa shape index (κ2) is 7.00. The summed E-state index contributed by atoms with van der Waals surface area (Å²) in [4.78, 5) is 0. The molecule has 1 aromatic heterocycles. The van der Waals surface area contributed by atoms with Gasteiger partial charge in [-0.1, -0.05) is 22.9 Å². The fraction of sp³-hybridized carbons (Fsp3) is 0.375. The Kier molecular flexibility index (Phi) is 5.31. The summed E-state index contributed by atoms with van der Waals surface area (Å²) < 4.78 is 6.19. The minimum atomic E-state index is -0.613. The molecule has 0 aliphatic carbocycles. The Labute approximate surface area is 133 Å². The summed E-state index contributed by atoms with van der Waals surface area (Å²) in [5, 5.41) is 18.8. The van der Waals surface area contributed by atoms with Gasteiger partial charge in [0.2, 0.25) is 0 Å². The summed E-state index contributed by atoms with van der Waals surface area (Å²) >= 11 is 3.52. The van der Waals surface area contributed by atoms with Gasteiger partial charge in [-0.15, -0.1) is 0 Å². The number of rotatable bonds is 5. The zero-order chi connectivity index (χ0) is 15.4. The summed E-state index contributed by atoms with van der Waals surface area (Å²) in [5.41, 5.74) is 3.50. The van der Waals surface area contributed by atoms with Gasteiger partial charge in [-0.2, -0.15) is 10.2 Å². The van der Waals surface area contributed by atoms with E-state index in [-0.39, 0.29) is 0 Å². The van der Waals surface area contributed by atoms with E-state index in [0.29, 0.717) is 6.42 Å². The molecule has 0 aliphatic heterocycles. The number of nitrogens with zero attached hydrogens (tertiary/aromatic N) is 2. The van der Waals surface area contributed by atoms with Gasteiger partial charge >= 0.3 is 0 Å². The second-order valence-corrected chi connectivity index (χ2v) is 5.77. The predicted octanol–water partition coefficient (Wildman–Crippen LogP) is 3.39. The van der Waals surface area contributed by atoms with Gasteiger partial charge in [0.1, 0.15) is 5.75 Å². The summed E-state index contributed by atoms with van der Waals surface area (Å²) in [6.07, 6.45) is 0.632. The molecule has 0 saturated heterocycles. The topological polar surface area (TPSA) is 55.2 Å². The van der Waals surface area contributed by atoms with E-state index >= 15 is 0 Å². The molecule has 0 spiro atoms.